The van der Waals surface area contributed by atoms with Gasteiger partial charge in [0.25, 0.3) is 5.91 Å². The number of nitrogens with zero attached hydrogens (tertiary/aromatic N) is 3. The second-order valence-electron chi connectivity index (χ2n) is 7.16. The molecule has 2 N–H and O–H groups in total. The van der Waals surface area contributed by atoms with E-state index < -0.39 is 24.0 Å². The van der Waals surface area contributed by atoms with Gasteiger partial charge in [0.15, 0.2) is 0 Å². The highest BCUT2D eigenvalue weighted by Gasteiger charge is 2.33. The highest BCUT2D eigenvalue weighted by Crippen LogP contribution is 2.16. The lowest BCUT2D eigenvalue weighted by atomic mass is 10.0. The second-order valence-corrected chi connectivity index (χ2v) is 7.16. The van der Waals surface area contributed by atoms with Crippen LogP contribution in [0.1, 0.15) is 47.0 Å². The minimum absolute atomic E-state index is 0.142. The van der Waals surface area contributed by atoms with E-state index in [2.05, 4.69) is 0 Å². The molecule has 0 fully saturated rings. The van der Waals surface area contributed by atoms with Crippen LogP contribution >= 0.6 is 0 Å². The van der Waals surface area contributed by atoms with Gasteiger partial charge in [-0.25, -0.2) is 14.5 Å². The zero-order valence-electron chi connectivity index (χ0n) is 16.4. The van der Waals surface area contributed by atoms with Crippen LogP contribution in [0.5, 0.6) is 0 Å². The molecular formula is C17H32N4O4. The van der Waals surface area contributed by atoms with Crippen molar-refractivity contribution in [3.05, 3.63) is 0 Å². The largest absolute Gasteiger partial charge is 0.351 e. The first kappa shape index (κ1) is 22.9. The normalized spacial score (nSPS) is 12.0. The molecule has 0 spiro atoms. The predicted octanol–water partition coefficient (Wildman–Crippen LogP) is 1.88. The first-order valence-electron chi connectivity index (χ1n) is 8.50. The van der Waals surface area contributed by atoms with Gasteiger partial charge in [0.2, 0.25) is 5.91 Å². The van der Waals surface area contributed by atoms with Crippen LogP contribution in [-0.4, -0.2) is 65.8 Å². The van der Waals surface area contributed by atoms with Gasteiger partial charge in [-0.15, -0.1) is 0 Å². The Labute approximate surface area is 150 Å². The molecule has 0 radical (unpaired) electrons. The van der Waals surface area contributed by atoms with E-state index in [4.69, 9.17) is 5.73 Å². The van der Waals surface area contributed by atoms with Gasteiger partial charge in [-0.3, -0.25) is 14.5 Å². The maximum absolute atomic E-state index is 12.8. The third-order valence-electron chi connectivity index (χ3n) is 4.01. The molecule has 0 aromatic carbocycles. The van der Waals surface area contributed by atoms with Crippen LogP contribution in [0, 0.1) is 11.8 Å². The van der Waals surface area contributed by atoms with Crippen molar-refractivity contribution in [3.8, 4) is 0 Å². The number of urea groups is 2. The average Bonchev–Trinajstić information content (AvgIpc) is 2.53. The molecule has 0 heterocycles. The molecule has 0 saturated heterocycles. The first-order chi connectivity index (χ1) is 11.4. The molecule has 0 unspecified atom stereocenters. The summed E-state index contributed by atoms with van der Waals surface area (Å²) in [6.45, 7) is 7.92. The van der Waals surface area contributed by atoms with Gasteiger partial charge >= 0.3 is 12.1 Å². The van der Waals surface area contributed by atoms with Crippen LogP contribution in [0.4, 0.5) is 9.59 Å². The lowest BCUT2D eigenvalue weighted by molar-refractivity contribution is -0.143. The van der Waals surface area contributed by atoms with Crippen LogP contribution < -0.4 is 5.73 Å². The summed E-state index contributed by atoms with van der Waals surface area (Å²) < 4.78 is 0. The Hall–Kier alpha value is -2.12. The third-order valence-corrected chi connectivity index (χ3v) is 4.01. The van der Waals surface area contributed by atoms with E-state index in [0.29, 0.717) is 23.7 Å². The van der Waals surface area contributed by atoms with Crippen molar-refractivity contribution in [2.24, 2.45) is 17.6 Å². The van der Waals surface area contributed by atoms with Crippen molar-refractivity contribution in [1.82, 2.24) is 14.7 Å². The summed E-state index contributed by atoms with van der Waals surface area (Å²) in [6, 6.07) is -2.55. The third kappa shape index (κ3) is 7.11. The first-order valence-corrected chi connectivity index (χ1v) is 8.50. The fourth-order valence-corrected chi connectivity index (χ4v) is 2.27. The summed E-state index contributed by atoms with van der Waals surface area (Å²) in [5.74, 6) is -0.152. The average molecular weight is 356 g/mol. The highest BCUT2D eigenvalue weighted by atomic mass is 16.2. The molecule has 0 saturated carbocycles. The van der Waals surface area contributed by atoms with Gasteiger partial charge in [-0.1, -0.05) is 27.7 Å². The van der Waals surface area contributed by atoms with Crippen molar-refractivity contribution >= 4 is 23.9 Å². The molecule has 8 nitrogen and oxygen atoms in total. The van der Waals surface area contributed by atoms with Crippen molar-refractivity contribution in [1.29, 1.82) is 0 Å². The molecule has 0 aromatic rings. The molecule has 0 aliphatic heterocycles. The van der Waals surface area contributed by atoms with Gasteiger partial charge in [-0.05, 0) is 24.7 Å². The maximum Gasteiger partial charge on any atom is 0.334 e. The molecule has 0 aliphatic rings. The van der Waals surface area contributed by atoms with Gasteiger partial charge in [0.1, 0.15) is 6.04 Å². The summed E-state index contributed by atoms with van der Waals surface area (Å²) in [4.78, 5) is 51.3. The van der Waals surface area contributed by atoms with E-state index in [0.717, 1.165) is 11.3 Å². The van der Waals surface area contributed by atoms with Crippen LogP contribution in [0.3, 0.4) is 0 Å². The Morgan fingerprint density at radius 1 is 0.880 bits per heavy atom. The topological polar surface area (TPSA) is 104 Å². The van der Waals surface area contributed by atoms with Gasteiger partial charge in [-0.2, -0.15) is 0 Å². The minimum atomic E-state index is -0.952. The van der Waals surface area contributed by atoms with Gasteiger partial charge < -0.3 is 10.6 Å². The summed E-state index contributed by atoms with van der Waals surface area (Å²) in [7, 11) is 4.05. The summed E-state index contributed by atoms with van der Waals surface area (Å²) in [6.07, 6.45) is 1.49. The predicted molar refractivity (Wildman–Crippen MR) is 95.6 cm³/mol. The number of nitrogens with two attached hydrogens (primary N) is 1. The fourth-order valence-electron chi connectivity index (χ4n) is 2.27. The fraction of sp³-hybridized carbons (Fsp3) is 0.765. The van der Waals surface area contributed by atoms with E-state index in [1.165, 1.54) is 19.0 Å². The number of carbonyl (C=O) groups excluding carboxylic acids is 4. The molecule has 8 heteroatoms. The SMILES string of the molecule is CC(C)CCC(=O)N(C)[C@H](CC(C)C)C(=O)N(C)C(=O)N(C)C(N)=O. The Morgan fingerprint density at radius 2 is 1.40 bits per heavy atom. The van der Waals surface area contributed by atoms with Crippen molar-refractivity contribution in [3.63, 3.8) is 0 Å². The highest BCUT2D eigenvalue weighted by molar-refractivity contribution is 6.03. The molecule has 0 rings (SSSR count). The van der Waals surface area contributed by atoms with Crippen molar-refractivity contribution < 1.29 is 19.2 Å². The number of imide groups is 2. The zero-order valence-corrected chi connectivity index (χ0v) is 16.4. The number of hydrogen-bond donors (Lipinski definition) is 1. The number of carbonyl (C=O) groups is 4. The number of likely N-dealkylation sites (N-methyl/N-ethyl adjacent to an activating group) is 2. The second kappa shape index (κ2) is 10.0. The van der Waals surface area contributed by atoms with Crippen LogP contribution in [-0.2, 0) is 9.59 Å². The minimum Gasteiger partial charge on any atom is -0.351 e. The van der Waals surface area contributed by atoms with Crippen molar-refractivity contribution in [2.75, 3.05) is 21.1 Å². The van der Waals surface area contributed by atoms with E-state index in [-0.39, 0.29) is 11.8 Å². The van der Waals surface area contributed by atoms with E-state index in [9.17, 15) is 19.2 Å². The molecular weight excluding hydrogens is 324 g/mol. The van der Waals surface area contributed by atoms with Crippen LogP contribution in [0.25, 0.3) is 0 Å². The molecule has 0 aromatic heterocycles. The number of primary amides is 1. The Kier molecular flexibility index (Phi) is 9.16. The Balaban J connectivity index is 5.30. The van der Waals surface area contributed by atoms with E-state index in [1.54, 1.807) is 7.05 Å². The Morgan fingerprint density at radius 3 is 1.80 bits per heavy atom. The number of hydrogen-bond acceptors (Lipinski definition) is 4. The van der Waals surface area contributed by atoms with Crippen LogP contribution in [0.2, 0.25) is 0 Å². The van der Waals surface area contributed by atoms with E-state index >= 15 is 0 Å². The quantitative estimate of drug-likeness (QED) is 0.752. The standard InChI is InChI=1S/C17H32N4O4/c1-11(2)8-9-14(22)19(5)13(10-12(3)4)15(23)20(6)17(25)21(7)16(18)24/h11-13H,8-10H2,1-7H3,(H2,18,24)/t13-/m1/s1. The number of rotatable bonds is 7. The monoisotopic (exact) mass is 356 g/mol. The zero-order chi connectivity index (χ0) is 19.9. The molecule has 6 amide bonds. The van der Waals surface area contributed by atoms with Gasteiger partial charge in [0, 0.05) is 27.6 Å². The molecule has 0 aliphatic carbocycles. The molecule has 144 valence electrons. The summed E-state index contributed by atoms with van der Waals surface area (Å²) in [5.41, 5.74) is 5.07. The summed E-state index contributed by atoms with van der Waals surface area (Å²) >= 11 is 0. The lowest BCUT2D eigenvalue weighted by Crippen LogP contribution is -2.54. The smallest absolute Gasteiger partial charge is 0.334 e. The molecule has 0 bridgehead atoms. The molecule has 25 heavy (non-hydrogen) atoms. The van der Waals surface area contributed by atoms with Crippen molar-refractivity contribution in [2.45, 2.75) is 53.0 Å². The molecule has 1 atom stereocenters. The number of amides is 6. The Bertz CT molecular complexity index is 505. The lowest BCUT2D eigenvalue weighted by Gasteiger charge is -2.32. The summed E-state index contributed by atoms with van der Waals surface area (Å²) in [5, 5.41) is 0. The maximum atomic E-state index is 12.8. The van der Waals surface area contributed by atoms with E-state index in [1.807, 2.05) is 27.7 Å². The van der Waals surface area contributed by atoms with Crippen LogP contribution in [0.15, 0.2) is 0 Å². The van der Waals surface area contributed by atoms with Gasteiger partial charge in [0.05, 0.1) is 0 Å².